The molecule has 2 aromatic heterocycles. The van der Waals surface area contributed by atoms with Crippen LogP contribution in [-0.2, 0) is 25.0 Å². The van der Waals surface area contributed by atoms with Gasteiger partial charge in [0.05, 0.1) is 17.1 Å². The highest BCUT2D eigenvalue weighted by Gasteiger charge is 2.23. The molecule has 2 heterocycles. The molecule has 0 amide bonds. The molecular weight excluding hydrogens is 615 g/mol. The minimum atomic E-state index is -4.02. The lowest BCUT2D eigenvalue weighted by Crippen LogP contribution is -2.17. The van der Waals surface area contributed by atoms with Crippen molar-refractivity contribution in [3.8, 4) is 23.0 Å². The number of ether oxygens (including phenoxy) is 3. The molecule has 13 heteroatoms. The highest BCUT2D eigenvalue weighted by Crippen LogP contribution is 2.35. The predicted octanol–water partition coefficient (Wildman–Crippen LogP) is 5.79. The number of nitrogens with one attached hydrogen (secondary N) is 1. The standard InChI is InChI=1S/C32H35N5O6S2/c1-6-41-27(38)16-9-22-7-10-23(11-8-22)28-29(37-45(39,40)26-14-12-24(13-15-26)32(2,3)4)35-21-36-30(28)42-17-18-43-31-33-19-25(44-5)20-34-31/h7-16,19-21H,6,17-18H2,1-5H3,(H,35,36,37). The Balaban J connectivity index is 1.61. The quantitative estimate of drug-likeness (QED) is 0.0814. The van der Waals surface area contributed by atoms with Crippen molar-refractivity contribution in [2.45, 2.75) is 42.9 Å². The smallest absolute Gasteiger partial charge is 0.330 e. The number of benzene rings is 2. The molecule has 236 valence electrons. The Morgan fingerprint density at radius 1 is 0.933 bits per heavy atom. The summed E-state index contributed by atoms with van der Waals surface area (Å²) in [5.74, 6) is -0.275. The van der Waals surface area contributed by atoms with Gasteiger partial charge in [0.25, 0.3) is 10.0 Å². The lowest BCUT2D eigenvalue weighted by molar-refractivity contribution is -0.137. The van der Waals surface area contributed by atoms with Crippen LogP contribution in [0.4, 0.5) is 5.82 Å². The van der Waals surface area contributed by atoms with E-state index in [1.807, 2.05) is 6.26 Å². The average molecular weight is 650 g/mol. The Bertz CT molecular complexity index is 1720. The van der Waals surface area contributed by atoms with Crippen molar-refractivity contribution in [2.24, 2.45) is 0 Å². The first-order valence-electron chi connectivity index (χ1n) is 14.1. The molecule has 0 saturated heterocycles. The first-order valence-corrected chi connectivity index (χ1v) is 16.8. The fourth-order valence-electron chi connectivity index (χ4n) is 4.01. The van der Waals surface area contributed by atoms with Crippen molar-refractivity contribution in [3.05, 3.63) is 84.5 Å². The zero-order chi connectivity index (χ0) is 32.5. The summed E-state index contributed by atoms with van der Waals surface area (Å²) in [6.07, 6.45) is 9.43. The van der Waals surface area contributed by atoms with Gasteiger partial charge < -0.3 is 14.2 Å². The first-order chi connectivity index (χ1) is 21.5. The molecule has 0 unspecified atom stereocenters. The van der Waals surface area contributed by atoms with E-state index in [4.69, 9.17) is 14.2 Å². The van der Waals surface area contributed by atoms with E-state index in [0.29, 0.717) is 11.1 Å². The zero-order valence-corrected chi connectivity index (χ0v) is 27.3. The summed E-state index contributed by atoms with van der Waals surface area (Å²) in [4.78, 5) is 29.6. The number of esters is 1. The maximum atomic E-state index is 13.5. The molecule has 11 nitrogen and oxygen atoms in total. The molecule has 0 saturated carbocycles. The van der Waals surface area contributed by atoms with E-state index in [1.54, 1.807) is 73.9 Å². The van der Waals surface area contributed by atoms with Gasteiger partial charge >= 0.3 is 12.0 Å². The second-order valence-electron chi connectivity index (χ2n) is 10.6. The topological polar surface area (TPSA) is 142 Å². The van der Waals surface area contributed by atoms with Gasteiger partial charge in [-0.1, -0.05) is 57.2 Å². The van der Waals surface area contributed by atoms with Gasteiger partial charge in [-0.3, -0.25) is 4.72 Å². The van der Waals surface area contributed by atoms with Gasteiger partial charge in [0, 0.05) is 23.4 Å². The Kier molecular flexibility index (Phi) is 11.1. The number of thioether (sulfide) groups is 1. The molecule has 1 N–H and O–H groups in total. The van der Waals surface area contributed by atoms with Crippen LogP contribution in [0, 0.1) is 0 Å². The van der Waals surface area contributed by atoms with Crippen LogP contribution in [0.2, 0.25) is 0 Å². The summed E-state index contributed by atoms with van der Waals surface area (Å²) in [6.45, 7) is 8.36. The average Bonchev–Trinajstić information content (AvgIpc) is 3.02. The molecule has 0 aliphatic rings. The van der Waals surface area contributed by atoms with Crippen molar-refractivity contribution < 1.29 is 27.4 Å². The van der Waals surface area contributed by atoms with Gasteiger partial charge in [-0.15, -0.1) is 11.8 Å². The maximum Gasteiger partial charge on any atom is 0.330 e. The molecular formula is C32H35N5O6S2. The normalized spacial score (nSPS) is 11.8. The highest BCUT2D eigenvalue weighted by molar-refractivity contribution is 7.98. The number of hydrogen-bond acceptors (Lipinski definition) is 11. The minimum Gasteiger partial charge on any atom is -0.473 e. The van der Waals surface area contributed by atoms with Crippen molar-refractivity contribution in [1.29, 1.82) is 0 Å². The molecule has 4 aromatic rings. The van der Waals surface area contributed by atoms with Gasteiger partial charge in [0.15, 0.2) is 5.82 Å². The second kappa shape index (κ2) is 15.0. The first kappa shape index (κ1) is 33.4. The van der Waals surface area contributed by atoms with E-state index < -0.39 is 16.0 Å². The van der Waals surface area contributed by atoms with E-state index in [2.05, 4.69) is 45.4 Å². The van der Waals surface area contributed by atoms with E-state index >= 15 is 0 Å². The van der Waals surface area contributed by atoms with Crippen LogP contribution in [0.25, 0.3) is 17.2 Å². The summed E-state index contributed by atoms with van der Waals surface area (Å²) in [5.41, 5.74) is 2.51. The van der Waals surface area contributed by atoms with Crippen molar-refractivity contribution in [1.82, 2.24) is 19.9 Å². The lowest BCUT2D eigenvalue weighted by atomic mass is 9.87. The van der Waals surface area contributed by atoms with Crippen LogP contribution in [0.1, 0.15) is 38.8 Å². The summed E-state index contributed by atoms with van der Waals surface area (Å²) in [6, 6.07) is 14.0. The van der Waals surface area contributed by atoms with Crippen LogP contribution < -0.4 is 14.2 Å². The van der Waals surface area contributed by atoms with Gasteiger partial charge in [0.2, 0.25) is 5.88 Å². The van der Waals surface area contributed by atoms with E-state index in [-0.39, 0.29) is 47.8 Å². The zero-order valence-electron chi connectivity index (χ0n) is 25.7. The molecule has 0 spiro atoms. The van der Waals surface area contributed by atoms with Crippen molar-refractivity contribution in [3.63, 3.8) is 0 Å². The highest BCUT2D eigenvalue weighted by atomic mass is 32.2. The molecule has 45 heavy (non-hydrogen) atoms. The number of sulfonamides is 1. The van der Waals surface area contributed by atoms with Crippen LogP contribution in [0.5, 0.6) is 11.9 Å². The SMILES string of the molecule is CCOC(=O)C=Cc1ccc(-c2c(NS(=O)(=O)c3ccc(C(C)(C)C)cc3)ncnc2OCCOc2ncc(SC)cn2)cc1. The molecule has 0 aliphatic heterocycles. The lowest BCUT2D eigenvalue weighted by Gasteiger charge is -2.19. The molecule has 2 aromatic carbocycles. The Morgan fingerprint density at radius 2 is 1.60 bits per heavy atom. The predicted molar refractivity (Wildman–Crippen MR) is 174 cm³/mol. The number of nitrogens with zero attached hydrogens (tertiary/aromatic N) is 4. The Hall–Kier alpha value is -4.49. The third-order valence-corrected chi connectivity index (χ3v) is 8.40. The van der Waals surface area contributed by atoms with Gasteiger partial charge in [-0.05, 0) is 53.5 Å². The Labute approximate surface area is 267 Å². The monoisotopic (exact) mass is 649 g/mol. The number of rotatable bonds is 13. The van der Waals surface area contributed by atoms with E-state index in [0.717, 1.165) is 16.0 Å². The summed E-state index contributed by atoms with van der Waals surface area (Å²) in [5, 5.41) is 0. The van der Waals surface area contributed by atoms with Crippen LogP contribution >= 0.6 is 11.8 Å². The number of aromatic nitrogens is 4. The number of carbonyl (C=O) groups excluding carboxylic acids is 1. The third-order valence-electron chi connectivity index (χ3n) is 6.37. The maximum absolute atomic E-state index is 13.5. The second-order valence-corrected chi connectivity index (χ2v) is 13.2. The summed E-state index contributed by atoms with van der Waals surface area (Å²) in [7, 11) is -4.02. The number of anilines is 1. The van der Waals surface area contributed by atoms with Gasteiger partial charge in [-0.25, -0.2) is 33.1 Å². The molecule has 0 bridgehead atoms. The largest absolute Gasteiger partial charge is 0.473 e. The third kappa shape index (κ3) is 9.25. The van der Waals surface area contributed by atoms with E-state index in [1.165, 1.54) is 24.2 Å². The molecule has 0 atom stereocenters. The van der Waals surface area contributed by atoms with Crippen molar-refractivity contribution in [2.75, 3.05) is 30.8 Å². The van der Waals surface area contributed by atoms with Gasteiger partial charge in [0.1, 0.15) is 19.5 Å². The van der Waals surface area contributed by atoms with E-state index in [9.17, 15) is 13.2 Å². The number of carbonyl (C=O) groups is 1. The van der Waals surface area contributed by atoms with Crippen LogP contribution in [0.15, 0.2) is 83.1 Å². The fourth-order valence-corrected chi connectivity index (χ4v) is 5.35. The fraction of sp³-hybridized carbons (Fsp3) is 0.281. The minimum absolute atomic E-state index is 0.0339. The van der Waals surface area contributed by atoms with Gasteiger partial charge in [-0.2, -0.15) is 0 Å². The molecule has 0 fully saturated rings. The van der Waals surface area contributed by atoms with Crippen LogP contribution in [-0.4, -0.2) is 60.4 Å². The van der Waals surface area contributed by atoms with Crippen LogP contribution in [0.3, 0.4) is 0 Å². The molecule has 0 radical (unpaired) electrons. The van der Waals surface area contributed by atoms with Crippen molar-refractivity contribution >= 4 is 39.6 Å². The number of hydrogen-bond donors (Lipinski definition) is 1. The summed E-state index contributed by atoms with van der Waals surface area (Å²) >= 11 is 1.52. The Morgan fingerprint density at radius 3 is 2.22 bits per heavy atom. The molecule has 4 rings (SSSR count). The summed E-state index contributed by atoms with van der Waals surface area (Å²) < 4.78 is 46.1. The molecule has 0 aliphatic carbocycles.